The lowest BCUT2D eigenvalue weighted by Gasteiger charge is -2.13. The minimum Gasteiger partial charge on any atom is -0.275 e. The molecular formula is C64H41N3S. The number of para-hydroxylation sites is 1. The molecular weight excluding hydrogens is 843 g/mol. The summed E-state index contributed by atoms with van der Waals surface area (Å²) < 4.78 is 4.69. The number of thiophene rings is 1. The van der Waals surface area contributed by atoms with E-state index in [9.17, 15) is 0 Å². The van der Waals surface area contributed by atoms with Crippen molar-refractivity contribution < 1.29 is 0 Å². The predicted molar refractivity (Wildman–Crippen MR) is 287 cm³/mol. The SMILES string of the molecule is c1ccc(-c2nnc(-c3ccc(-c4cc(-c5ccc(-c6cccc7ccccc67)cc5)cc5c4sc4ccc(-c6ccc(-c7cccc8ccccc78)cc6)cc45)cc3)n2-c2ccccc2)cc1. The first-order valence-electron chi connectivity index (χ1n) is 23.0. The van der Waals surface area contributed by atoms with Crippen LogP contribution in [0.25, 0.3) is 126 Å². The van der Waals surface area contributed by atoms with Crippen LogP contribution < -0.4 is 0 Å². The van der Waals surface area contributed by atoms with E-state index in [0.717, 1.165) is 34.0 Å². The molecule has 0 unspecified atom stereocenters. The summed E-state index contributed by atoms with van der Waals surface area (Å²) in [5, 5.41) is 17.1. The van der Waals surface area contributed by atoms with Crippen molar-refractivity contribution in [1.82, 2.24) is 14.8 Å². The van der Waals surface area contributed by atoms with Gasteiger partial charge in [0.1, 0.15) is 0 Å². The standard InChI is InChI=1S/C64H41N3S/c1-3-15-49(16-4-1)63-65-66-64(67(63)53-19-5-2-6-20-53)50-35-33-48(34-36-50)58-40-52(43-27-31-47(32-28-43)57-24-12-18-45-14-8-10-22-55(45)57)41-60-59-39-51(37-38-61(59)68-62(58)60)42-25-29-46(30-26-42)56-23-11-17-44-13-7-9-21-54(44)56/h1-41H. The smallest absolute Gasteiger partial charge is 0.168 e. The highest BCUT2D eigenvalue weighted by Gasteiger charge is 2.19. The monoisotopic (exact) mass is 883 g/mol. The Balaban J connectivity index is 0.929. The van der Waals surface area contributed by atoms with E-state index in [1.807, 2.05) is 35.6 Å². The molecule has 0 bridgehead atoms. The molecule has 3 nitrogen and oxygen atoms in total. The molecule has 0 saturated heterocycles. The van der Waals surface area contributed by atoms with Gasteiger partial charge in [-0.3, -0.25) is 4.57 Å². The first-order valence-corrected chi connectivity index (χ1v) is 23.9. The maximum atomic E-state index is 4.80. The van der Waals surface area contributed by atoms with Crippen LogP contribution in [0.2, 0.25) is 0 Å². The number of fused-ring (bicyclic) bond motifs is 5. The van der Waals surface area contributed by atoms with E-state index in [1.54, 1.807) is 0 Å². The molecule has 318 valence electrons. The average Bonchev–Trinajstić information content (AvgIpc) is 4.03. The van der Waals surface area contributed by atoms with E-state index in [1.165, 1.54) is 91.8 Å². The molecule has 0 aliphatic carbocycles. The fraction of sp³-hybridized carbons (Fsp3) is 0. The summed E-state index contributed by atoms with van der Waals surface area (Å²) in [6, 6.07) is 89.8. The first-order chi connectivity index (χ1) is 33.7. The van der Waals surface area contributed by atoms with Crippen LogP contribution in [0.1, 0.15) is 0 Å². The Hall–Kier alpha value is -8.70. The Morgan fingerprint density at radius 3 is 1.32 bits per heavy atom. The third-order valence-electron chi connectivity index (χ3n) is 13.4. The second-order valence-corrected chi connectivity index (χ2v) is 18.4. The molecule has 0 fully saturated rings. The van der Waals surface area contributed by atoms with Gasteiger partial charge < -0.3 is 0 Å². The van der Waals surface area contributed by atoms with Gasteiger partial charge in [0.15, 0.2) is 11.6 Å². The molecule has 0 radical (unpaired) electrons. The fourth-order valence-electron chi connectivity index (χ4n) is 9.94. The van der Waals surface area contributed by atoms with Gasteiger partial charge in [0.05, 0.1) is 0 Å². The zero-order valence-corrected chi connectivity index (χ0v) is 37.7. The van der Waals surface area contributed by atoms with Crippen molar-refractivity contribution in [3.8, 4) is 84.1 Å². The van der Waals surface area contributed by atoms with Crippen LogP contribution in [0.5, 0.6) is 0 Å². The Labute approximate surface area is 398 Å². The maximum Gasteiger partial charge on any atom is 0.168 e. The van der Waals surface area contributed by atoms with E-state index < -0.39 is 0 Å². The van der Waals surface area contributed by atoms with Crippen LogP contribution >= 0.6 is 11.3 Å². The topological polar surface area (TPSA) is 30.7 Å². The van der Waals surface area contributed by atoms with Gasteiger partial charge in [-0.15, -0.1) is 21.5 Å². The second kappa shape index (κ2) is 16.6. The molecule has 0 aliphatic heterocycles. The summed E-state index contributed by atoms with van der Waals surface area (Å²) in [5.41, 5.74) is 15.1. The van der Waals surface area contributed by atoms with E-state index >= 15 is 0 Å². The number of benzene rings is 11. The molecule has 0 atom stereocenters. The summed E-state index contributed by atoms with van der Waals surface area (Å²) in [6.07, 6.45) is 0. The summed E-state index contributed by atoms with van der Waals surface area (Å²) in [6.45, 7) is 0. The van der Waals surface area contributed by atoms with Crippen LogP contribution in [0.3, 0.4) is 0 Å². The number of rotatable bonds is 8. The van der Waals surface area contributed by atoms with Crippen molar-refractivity contribution in [2.45, 2.75) is 0 Å². The molecule has 0 aliphatic rings. The second-order valence-electron chi connectivity index (χ2n) is 17.4. The van der Waals surface area contributed by atoms with Crippen molar-refractivity contribution >= 4 is 53.1 Å². The largest absolute Gasteiger partial charge is 0.275 e. The van der Waals surface area contributed by atoms with Crippen molar-refractivity contribution in [2.75, 3.05) is 0 Å². The third-order valence-corrected chi connectivity index (χ3v) is 14.6. The Kier molecular flexibility index (Phi) is 9.69. The minimum atomic E-state index is 0.798. The molecule has 13 aromatic rings. The normalized spacial score (nSPS) is 11.5. The van der Waals surface area contributed by atoms with Crippen molar-refractivity contribution in [3.63, 3.8) is 0 Å². The Morgan fingerprint density at radius 2 is 0.721 bits per heavy atom. The molecule has 0 amide bonds. The van der Waals surface area contributed by atoms with Crippen LogP contribution in [0.4, 0.5) is 0 Å². The van der Waals surface area contributed by atoms with Gasteiger partial charge in [0.2, 0.25) is 0 Å². The molecule has 11 aromatic carbocycles. The van der Waals surface area contributed by atoms with Gasteiger partial charge in [-0.2, -0.15) is 0 Å². The van der Waals surface area contributed by atoms with E-state index in [-0.39, 0.29) is 0 Å². The van der Waals surface area contributed by atoms with Gasteiger partial charge in [0.25, 0.3) is 0 Å². The van der Waals surface area contributed by atoms with Gasteiger partial charge in [-0.25, -0.2) is 0 Å². The third kappa shape index (κ3) is 6.98. The molecule has 2 aromatic heterocycles. The molecule has 2 heterocycles. The van der Waals surface area contributed by atoms with E-state index in [0.29, 0.717) is 0 Å². The van der Waals surface area contributed by atoms with Gasteiger partial charge in [-0.05, 0) is 108 Å². The summed E-state index contributed by atoms with van der Waals surface area (Å²) >= 11 is 1.87. The van der Waals surface area contributed by atoms with Gasteiger partial charge in [0, 0.05) is 42.6 Å². The molecule has 68 heavy (non-hydrogen) atoms. The van der Waals surface area contributed by atoms with Crippen LogP contribution in [-0.2, 0) is 0 Å². The molecule has 0 N–H and O–H groups in total. The first kappa shape index (κ1) is 39.6. The number of hydrogen-bond donors (Lipinski definition) is 0. The van der Waals surface area contributed by atoms with Crippen LogP contribution in [0, 0.1) is 0 Å². The highest BCUT2D eigenvalue weighted by Crippen LogP contribution is 2.45. The molecule has 4 heteroatoms. The lowest BCUT2D eigenvalue weighted by Crippen LogP contribution is -2.00. The number of aromatic nitrogens is 3. The van der Waals surface area contributed by atoms with Crippen molar-refractivity contribution in [1.29, 1.82) is 0 Å². The number of hydrogen-bond acceptors (Lipinski definition) is 3. The van der Waals surface area contributed by atoms with Crippen molar-refractivity contribution in [2.24, 2.45) is 0 Å². The Morgan fingerprint density at radius 1 is 0.279 bits per heavy atom. The lowest BCUT2D eigenvalue weighted by molar-refractivity contribution is 1.07. The molecule has 0 saturated carbocycles. The highest BCUT2D eigenvalue weighted by atomic mass is 32.1. The van der Waals surface area contributed by atoms with Gasteiger partial charge >= 0.3 is 0 Å². The highest BCUT2D eigenvalue weighted by molar-refractivity contribution is 7.26. The number of nitrogens with zero attached hydrogens (tertiary/aromatic N) is 3. The van der Waals surface area contributed by atoms with Crippen LogP contribution in [0.15, 0.2) is 249 Å². The minimum absolute atomic E-state index is 0.798. The zero-order chi connectivity index (χ0) is 45.0. The fourth-order valence-corrected chi connectivity index (χ4v) is 11.1. The quantitative estimate of drug-likeness (QED) is 0.152. The lowest BCUT2D eigenvalue weighted by atomic mass is 9.93. The zero-order valence-electron chi connectivity index (χ0n) is 36.9. The van der Waals surface area contributed by atoms with Gasteiger partial charge in [-0.1, -0.05) is 212 Å². The van der Waals surface area contributed by atoms with E-state index in [4.69, 9.17) is 10.2 Å². The maximum absolute atomic E-state index is 4.80. The summed E-state index contributed by atoms with van der Waals surface area (Å²) in [4.78, 5) is 0. The average molecular weight is 884 g/mol. The molecule has 0 spiro atoms. The van der Waals surface area contributed by atoms with Crippen molar-refractivity contribution in [3.05, 3.63) is 249 Å². The Bertz CT molecular complexity index is 3970. The predicted octanol–water partition coefficient (Wildman–Crippen LogP) is 17.6. The van der Waals surface area contributed by atoms with E-state index in [2.05, 4.69) is 229 Å². The summed E-state index contributed by atoms with van der Waals surface area (Å²) in [5.74, 6) is 1.61. The van der Waals surface area contributed by atoms with Crippen LogP contribution in [-0.4, -0.2) is 14.8 Å². The molecule has 13 rings (SSSR count). The summed E-state index contributed by atoms with van der Waals surface area (Å²) in [7, 11) is 0.